The number of nitrogens with zero attached hydrogens (tertiary/aromatic N) is 1. The Morgan fingerprint density at radius 2 is 2.15 bits per heavy atom. The molecule has 0 aliphatic carbocycles. The molecule has 4 atom stereocenters. The molecule has 0 N–H and O–H groups in total. The van der Waals surface area contributed by atoms with Crippen LogP contribution in [0.25, 0.3) is 0 Å². The highest BCUT2D eigenvalue weighted by atomic mass is 19.1. The van der Waals surface area contributed by atoms with Gasteiger partial charge in [-0.2, -0.15) is 0 Å². The Bertz CT molecular complexity index is 322. The molecule has 0 bridgehead atoms. The minimum atomic E-state index is -1.71. The van der Waals surface area contributed by atoms with Gasteiger partial charge in [-0.15, -0.1) is 0 Å². The van der Waals surface area contributed by atoms with Crippen LogP contribution in [0.4, 0.5) is 4.39 Å². The summed E-state index contributed by atoms with van der Waals surface area (Å²) in [7, 11) is 2.94. The molecule has 0 aromatic heterocycles. The van der Waals surface area contributed by atoms with E-state index in [0.29, 0.717) is 13.0 Å². The van der Waals surface area contributed by atoms with Gasteiger partial charge in [-0.25, -0.2) is 4.39 Å². The molecule has 1 saturated heterocycles. The molecule has 0 radical (unpaired) electrons. The molecule has 1 aliphatic rings. The molecule has 0 aromatic carbocycles. The monoisotopic (exact) mass is 289 g/mol. The molecule has 0 saturated carbocycles. The van der Waals surface area contributed by atoms with Crippen molar-refractivity contribution in [3.05, 3.63) is 0 Å². The lowest BCUT2D eigenvalue weighted by molar-refractivity contribution is -0.140. The second-order valence-corrected chi connectivity index (χ2v) is 5.05. The van der Waals surface area contributed by atoms with Gasteiger partial charge in [-0.1, -0.05) is 6.92 Å². The lowest BCUT2D eigenvalue weighted by Crippen LogP contribution is -2.48. The summed E-state index contributed by atoms with van der Waals surface area (Å²) in [6, 6.07) is -0.373. The maximum Gasteiger partial charge on any atom is 0.225 e. The summed E-state index contributed by atoms with van der Waals surface area (Å²) in [5.74, 6) is -0.0682. The van der Waals surface area contributed by atoms with Crippen LogP contribution in [0.1, 0.15) is 32.6 Å². The fourth-order valence-electron chi connectivity index (χ4n) is 2.73. The van der Waals surface area contributed by atoms with Gasteiger partial charge >= 0.3 is 0 Å². The van der Waals surface area contributed by atoms with E-state index in [1.165, 1.54) is 7.11 Å². The summed E-state index contributed by atoms with van der Waals surface area (Å²) < 4.78 is 23.9. The van der Waals surface area contributed by atoms with E-state index in [4.69, 9.17) is 9.47 Å². The van der Waals surface area contributed by atoms with Crippen LogP contribution in [0.5, 0.6) is 0 Å². The molecule has 5 nitrogen and oxygen atoms in total. The highest BCUT2D eigenvalue weighted by molar-refractivity contribution is 5.77. The molecule has 0 aromatic rings. The average molecular weight is 289 g/mol. The summed E-state index contributed by atoms with van der Waals surface area (Å²) >= 11 is 0. The molecule has 0 unspecified atom stereocenters. The van der Waals surface area contributed by atoms with Gasteiger partial charge in [0, 0.05) is 20.8 Å². The van der Waals surface area contributed by atoms with Crippen molar-refractivity contribution in [1.29, 1.82) is 0 Å². The number of halogens is 1. The number of hydrogen-bond acceptors (Lipinski definition) is 4. The van der Waals surface area contributed by atoms with E-state index in [0.717, 1.165) is 12.8 Å². The van der Waals surface area contributed by atoms with Gasteiger partial charge in [0.2, 0.25) is 5.91 Å². The molecule has 1 fully saturated rings. The maximum atomic E-state index is 13.6. The van der Waals surface area contributed by atoms with Crippen LogP contribution in [0.2, 0.25) is 0 Å². The van der Waals surface area contributed by atoms with Gasteiger partial charge in [-0.3, -0.25) is 4.79 Å². The second kappa shape index (κ2) is 8.32. The van der Waals surface area contributed by atoms with Crippen LogP contribution in [-0.4, -0.2) is 62.3 Å². The van der Waals surface area contributed by atoms with E-state index in [2.05, 4.69) is 0 Å². The Morgan fingerprint density at radius 3 is 2.65 bits per heavy atom. The van der Waals surface area contributed by atoms with Crippen LogP contribution in [0.15, 0.2) is 0 Å². The highest BCUT2D eigenvalue weighted by Gasteiger charge is 2.39. The molecule has 116 valence electrons. The van der Waals surface area contributed by atoms with Crippen LogP contribution in [0, 0.1) is 0 Å². The minimum Gasteiger partial charge on any atom is -0.381 e. The summed E-state index contributed by atoms with van der Waals surface area (Å²) in [6.07, 6.45) is -0.0131. The highest BCUT2D eigenvalue weighted by Crippen LogP contribution is 2.25. The predicted octanol–water partition coefficient (Wildman–Crippen LogP) is 1.34. The molecule has 1 aliphatic heterocycles. The molecule has 0 spiro atoms. The second-order valence-electron chi connectivity index (χ2n) is 5.05. The molecule has 1 rings (SSSR count). The lowest BCUT2D eigenvalue weighted by Gasteiger charge is -2.32. The Morgan fingerprint density at radius 1 is 1.45 bits per heavy atom. The SMILES string of the molecule is CC[C@@H](CC(=O)N1CCC[C@H]1[C@H](OC)[C@@H](F)C=O)OC. The van der Waals surface area contributed by atoms with Gasteiger partial charge in [-0.05, 0) is 19.3 Å². The van der Waals surface area contributed by atoms with Crippen molar-refractivity contribution in [3.63, 3.8) is 0 Å². The number of amides is 1. The number of likely N-dealkylation sites (tertiary alicyclic amines) is 1. The van der Waals surface area contributed by atoms with Crippen molar-refractivity contribution in [3.8, 4) is 0 Å². The van der Waals surface area contributed by atoms with Crippen molar-refractivity contribution >= 4 is 12.2 Å². The Balaban J connectivity index is 2.72. The average Bonchev–Trinajstić information content (AvgIpc) is 2.94. The van der Waals surface area contributed by atoms with Crippen LogP contribution >= 0.6 is 0 Å². The largest absolute Gasteiger partial charge is 0.381 e. The summed E-state index contributed by atoms with van der Waals surface area (Å²) in [5.41, 5.74) is 0. The Labute approximate surface area is 119 Å². The van der Waals surface area contributed by atoms with Gasteiger partial charge in [0.05, 0.1) is 18.6 Å². The number of rotatable bonds is 8. The first-order valence-corrected chi connectivity index (χ1v) is 7.03. The van der Waals surface area contributed by atoms with Crippen molar-refractivity contribution in [2.24, 2.45) is 0 Å². The molecule has 1 heterocycles. The molecular weight excluding hydrogens is 265 g/mol. The lowest BCUT2D eigenvalue weighted by atomic mass is 10.0. The molecule has 20 heavy (non-hydrogen) atoms. The predicted molar refractivity (Wildman–Crippen MR) is 72.2 cm³/mol. The minimum absolute atomic E-state index is 0.0682. The molecule has 6 heteroatoms. The van der Waals surface area contributed by atoms with Crippen molar-refractivity contribution in [2.45, 2.75) is 57.0 Å². The quantitative estimate of drug-likeness (QED) is 0.633. The smallest absolute Gasteiger partial charge is 0.225 e. The zero-order valence-electron chi connectivity index (χ0n) is 12.4. The van der Waals surface area contributed by atoms with E-state index in [-0.39, 0.29) is 30.8 Å². The third kappa shape index (κ3) is 3.99. The van der Waals surface area contributed by atoms with E-state index in [9.17, 15) is 14.0 Å². The third-order valence-corrected chi connectivity index (χ3v) is 3.91. The first-order chi connectivity index (χ1) is 9.58. The number of carbonyl (C=O) groups is 2. The Hall–Kier alpha value is -1.01. The summed E-state index contributed by atoms with van der Waals surface area (Å²) in [5, 5.41) is 0. The van der Waals surface area contributed by atoms with Gasteiger partial charge in [0.15, 0.2) is 12.5 Å². The standard InChI is InChI=1S/C14H24FNO4/c1-4-10(19-2)8-13(18)16-7-5-6-12(16)14(20-3)11(15)9-17/h9-12,14H,4-8H2,1-3H3/t10-,11-,12-,14+/m0/s1. The summed E-state index contributed by atoms with van der Waals surface area (Å²) in [4.78, 5) is 24.6. The number of carbonyl (C=O) groups excluding carboxylic acids is 2. The van der Waals surface area contributed by atoms with E-state index >= 15 is 0 Å². The number of aldehydes is 1. The molecule has 1 amide bonds. The first-order valence-electron chi connectivity index (χ1n) is 7.03. The number of methoxy groups -OCH3 is 2. The number of hydrogen-bond donors (Lipinski definition) is 0. The van der Waals surface area contributed by atoms with Crippen LogP contribution in [-0.2, 0) is 19.1 Å². The van der Waals surface area contributed by atoms with E-state index in [1.54, 1.807) is 12.0 Å². The van der Waals surface area contributed by atoms with Crippen molar-refractivity contribution < 1.29 is 23.5 Å². The Kier molecular flexibility index (Phi) is 7.09. The fraction of sp³-hybridized carbons (Fsp3) is 0.857. The maximum absolute atomic E-state index is 13.6. The normalized spacial score (nSPS) is 23.4. The fourth-order valence-corrected chi connectivity index (χ4v) is 2.73. The van der Waals surface area contributed by atoms with E-state index < -0.39 is 12.3 Å². The van der Waals surface area contributed by atoms with Crippen LogP contribution < -0.4 is 0 Å². The van der Waals surface area contributed by atoms with Gasteiger partial charge < -0.3 is 19.2 Å². The topological polar surface area (TPSA) is 55.8 Å². The van der Waals surface area contributed by atoms with Crippen LogP contribution in [0.3, 0.4) is 0 Å². The van der Waals surface area contributed by atoms with Crippen molar-refractivity contribution in [2.75, 3.05) is 20.8 Å². The van der Waals surface area contributed by atoms with Gasteiger partial charge in [0.25, 0.3) is 0 Å². The summed E-state index contributed by atoms with van der Waals surface area (Å²) in [6.45, 7) is 2.53. The van der Waals surface area contributed by atoms with E-state index in [1.807, 2.05) is 6.92 Å². The number of alkyl halides is 1. The van der Waals surface area contributed by atoms with Crippen molar-refractivity contribution in [1.82, 2.24) is 4.90 Å². The zero-order valence-corrected chi connectivity index (χ0v) is 12.4. The third-order valence-electron chi connectivity index (χ3n) is 3.91. The van der Waals surface area contributed by atoms with Gasteiger partial charge in [0.1, 0.15) is 6.10 Å². The number of ether oxygens (including phenoxy) is 2. The zero-order chi connectivity index (χ0) is 15.1. The molecular formula is C14H24FNO4. The first kappa shape index (κ1) is 17.0.